The molecule has 108 valence electrons. The fourth-order valence-electron chi connectivity index (χ4n) is 2.82. The topological polar surface area (TPSA) is 38.7 Å². The van der Waals surface area contributed by atoms with E-state index in [4.69, 9.17) is 9.47 Å². The highest BCUT2D eigenvalue weighted by Crippen LogP contribution is 2.42. The molecule has 0 aromatic heterocycles. The van der Waals surface area contributed by atoms with Gasteiger partial charge in [-0.15, -0.1) is 0 Å². The van der Waals surface area contributed by atoms with Crippen LogP contribution in [0.25, 0.3) is 0 Å². The van der Waals surface area contributed by atoms with E-state index in [2.05, 4.69) is 19.6 Å². The summed E-state index contributed by atoms with van der Waals surface area (Å²) in [5, 5.41) is 10.4. The molecule has 1 aromatic carbocycles. The lowest BCUT2D eigenvalue weighted by Gasteiger charge is -2.23. The van der Waals surface area contributed by atoms with E-state index in [1.54, 1.807) is 13.2 Å². The minimum Gasteiger partial charge on any atom is -0.507 e. The van der Waals surface area contributed by atoms with Crippen LogP contribution in [0.15, 0.2) is 36.6 Å². The number of allylic oxidation sites excluding steroid dienone is 2. The van der Waals surface area contributed by atoms with E-state index in [1.165, 1.54) is 11.8 Å². The largest absolute Gasteiger partial charge is 0.507 e. The number of hydrogen-bond donors (Lipinski definition) is 1. The SMILES string of the molecule is C=COc1cc(COC)cc(O)c1C1C=C(C)CCC1. The zero-order chi connectivity index (χ0) is 14.5. The Morgan fingerprint density at radius 3 is 2.90 bits per heavy atom. The highest BCUT2D eigenvalue weighted by atomic mass is 16.5. The Bertz CT molecular complexity index is 517. The van der Waals surface area contributed by atoms with Crippen LogP contribution in [-0.2, 0) is 11.3 Å². The van der Waals surface area contributed by atoms with Crippen molar-refractivity contribution in [2.24, 2.45) is 0 Å². The molecule has 1 N–H and O–H groups in total. The van der Waals surface area contributed by atoms with E-state index in [0.717, 1.165) is 30.4 Å². The maximum absolute atomic E-state index is 10.4. The molecule has 3 nitrogen and oxygen atoms in total. The molecule has 0 spiro atoms. The van der Waals surface area contributed by atoms with Crippen molar-refractivity contribution in [2.75, 3.05) is 7.11 Å². The number of hydrogen-bond acceptors (Lipinski definition) is 3. The fourth-order valence-corrected chi connectivity index (χ4v) is 2.82. The van der Waals surface area contributed by atoms with E-state index in [-0.39, 0.29) is 11.7 Å². The molecule has 0 fully saturated rings. The minimum atomic E-state index is 0.204. The number of phenolic OH excluding ortho intramolecular Hbond substituents is 1. The quantitative estimate of drug-likeness (QED) is 0.643. The van der Waals surface area contributed by atoms with Gasteiger partial charge in [-0.25, -0.2) is 0 Å². The van der Waals surface area contributed by atoms with Gasteiger partial charge in [-0.3, -0.25) is 0 Å². The van der Waals surface area contributed by atoms with Gasteiger partial charge < -0.3 is 14.6 Å². The van der Waals surface area contributed by atoms with Gasteiger partial charge >= 0.3 is 0 Å². The predicted octanol–water partition coefficient (Wildman–Crippen LogP) is 4.27. The lowest BCUT2D eigenvalue weighted by molar-refractivity contribution is 0.184. The summed E-state index contributed by atoms with van der Waals surface area (Å²) in [4.78, 5) is 0. The first kappa shape index (κ1) is 14.7. The highest BCUT2D eigenvalue weighted by Gasteiger charge is 2.22. The highest BCUT2D eigenvalue weighted by molar-refractivity contribution is 5.51. The van der Waals surface area contributed by atoms with Crippen molar-refractivity contribution < 1.29 is 14.6 Å². The average molecular weight is 274 g/mol. The summed E-state index contributed by atoms with van der Waals surface area (Å²) in [6, 6.07) is 3.67. The normalized spacial score (nSPS) is 18.5. The van der Waals surface area contributed by atoms with Gasteiger partial charge in [0.15, 0.2) is 0 Å². The van der Waals surface area contributed by atoms with Crippen LogP contribution in [0.4, 0.5) is 0 Å². The monoisotopic (exact) mass is 274 g/mol. The first-order valence-corrected chi connectivity index (χ1v) is 6.95. The van der Waals surface area contributed by atoms with Crippen LogP contribution < -0.4 is 4.74 Å². The summed E-state index contributed by atoms with van der Waals surface area (Å²) in [7, 11) is 1.63. The Labute approximate surface area is 120 Å². The van der Waals surface area contributed by atoms with Crippen LogP contribution in [0.2, 0.25) is 0 Å². The third kappa shape index (κ3) is 3.23. The van der Waals surface area contributed by atoms with Gasteiger partial charge in [-0.05, 0) is 43.9 Å². The average Bonchev–Trinajstić information content (AvgIpc) is 2.39. The molecule has 3 heteroatoms. The second-order valence-corrected chi connectivity index (χ2v) is 5.26. The Morgan fingerprint density at radius 2 is 2.25 bits per heavy atom. The molecule has 0 saturated carbocycles. The van der Waals surface area contributed by atoms with Crippen molar-refractivity contribution in [1.29, 1.82) is 0 Å². The van der Waals surface area contributed by atoms with Crippen molar-refractivity contribution in [3.63, 3.8) is 0 Å². The molecular weight excluding hydrogens is 252 g/mol. The third-order valence-corrected chi connectivity index (χ3v) is 3.64. The van der Waals surface area contributed by atoms with Crippen molar-refractivity contribution in [1.82, 2.24) is 0 Å². The van der Waals surface area contributed by atoms with Crippen LogP contribution in [0.3, 0.4) is 0 Å². The Hall–Kier alpha value is -1.74. The molecule has 2 rings (SSSR count). The molecule has 0 radical (unpaired) electrons. The van der Waals surface area contributed by atoms with Crippen LogP contribution >= 0.6 is 0 Å². The zero-order valence-electron chi connectivity index (χ0n) is 12.2. The third-order valence-electron chi connectivity index (χ3n) is 3.64. The van der Waals surface area contributed by atoms with Gasteiger partial charge in [0.05, 0.1) is 12.9 Å². The summed E-state index contributed by atoms with van der Waals surface area (Å²) >= 11 is 0. The molecule has 1 unspecified atom stereocenters. The summed E-state index contributed by atoms with van der Waals surface area (Å²) in [6.45, 7) is 6.19. The summed E-state index contributed by atoms with van der Waals surface area (Å²) < 4.78 is 10.6. The second-order valence-electron chi connectivity index (χ2n) is 5.26. The second kappa shape index (κ2) is 6.62. The number of rotatable bonds is 5. The van der Waals surface area contributed by atoms with Crippen LogP contribution in [0, 0.1) is 0 Å². The van der Waals surface area contributed by atoms with Gasteiger partial charge in [0.2, 0.25) is 0 Å². The standard InChI is InChI=1S/C17H22O3/c1-4-20-16-10-13(11-19-3)9-15(18)17(16)14-7-5-6-12(2)8-14/h4,8-10,14,18H,1,5-7,11H2,2-3H3. The number of methoxy groups -OCH3 is 1. The first-order valence-electron chi connectivity index (χ1n) is 6.95. The fraction of sp³-hybridized carbons (Fsp3) is 0.412. The van der Waals surface area contributed by atoms with E-state index in [1.807, 2.05) is 6.07 Å². The van der Waals surface area contributed by atoms with Gasteiger partial charge in [-0.1, -0.05) is 18.2 Å². The lowest BCUT2D eigenvalue weighted by atomic mass is 9.85. The molecule has 1 atom stereocenters. The molecule has 0 amide bonds. The lowest BCUT2D eigenvalue weighted by Crippen LogP contribution is -2.05. The molecular formula is C17H22O3. The Kier molecular flexibility index (Phi) is 4.85. The molecule has 0 saturated heterocycles. The number of phenols is 1. The Balaban J connectivity index is 2.44. The van der Waals surface area contributed by atoms with Gasteiger partial charge in [0.25, 0.3) is 0 Å². The van der Waals surface area contributed by atoms with Crippen molar-refractivity contribution >= 4 is 0 Å². The molecule has 0 heterocycles. The van der Waals surface area contributed by atoms with Crippen LogP contribution in [0.1, 0.15) is 43.2 Å². The van der Waals surface area contributed by atoms with Crippen molar-refractivity contribution in [3.05, 3.63) is 47.7 Å². The molecule has 1 aliphatic rings. The van der Waals surface area contributed by atoms with Crippen molar-refractivity contribution in [3.8, 4) is 11.5 Å². The van der Waals surface area contributed by atoms with E-state index in [9.17, 15) is 5.11 Å². The van der Waals surface area contributed by atoms with Crippen LogP contribution in [0.5, 0.6) is 11.5 Å². The van der Waals surface area contributed by atoms with Crippen LogP contribution in [-0.4, -0.2) is 12.2 Å². The summed E-state index contributed by atoms with van der Waals surface area (Å²) in [5.74, 6) is 1.14. The van der Waals surface area contributed by atoms with Crippen molar-refractivity contribution in [2.45, 2.75) is 38.7 Å². The maximum Gasteiger partial charge on any atom is 0.134 e. The van der Waals surface area contributed by atoms with Gasteiger partial charge in [0.1, 0.15) is 11.5 Å². The minimum absolute atomic E-state index is 0.204. The van der Waals surface area contributed by atoms with Gasteiger partial charge in [-0.2, -0.15) is 0 Å². The molecule has 20 heavy (non-hydrogen) atoms. The molecule has 1 aliphatic carbocycles. The number of benzene rings is 1. The molecule has 0 bridgehead atoms. The summed E-state index contributed by atoms with van der Waals surface area (Å²) in [6.07, 6.45) is 6.93. The number of aromatic hydroxyl groups is 1. The van der Waals surface area contributed by atoms with E-state index >= 15 is 0 Å². The molecule has 0 aliphatic heterocycles. The summed E-state index contributed by atoms with van der Waals surface area (Å²) in [5.41, 5.74) is 3.11. The zero-order valence-corrected chi connectivity index (χ0v) is 12.2. The van der Waals surface area contributed by atoms with E-state index in [0.29, 0.717) is 12.4 Å². The smallest absolute Gasteiger partial charge is 0.134 e. The Morgan fingerprint density at radius 1 is 1.45 bits per heavy atom. The number of ether oxygens (including phenoxy) is 2. The molecule has 1 aromatic rings. The predicted molar refractivity (Wildman–Crippen MR) is 80.0 cm³/mol. The first-order chi connectivity index (χ1) is 9.65. The maximum atomic E-state index is 10.4. The van der Waals surface area contributed by atoms with E-state index < -0.39 is 0 Å². The van der Waals surface area contributed by atoms with Gasteiger partial charge in [0, 0.05) is 18.6 Å².